The molecular weight excluding hydrogens is 200 g/mol. The number of H-pyrrole nitrogens is 2. The SMILES string of the molecule is Cc1c(C(=O)O)ccc2[nH]c(=S)[nH]c12. The number of carbonyl (C=O) groups is 1. The number of hydrogen-bond acceptors (Lipinski definition) is 2. The van der Waals surface area contributed by atoms with E-state index in [1.807, 2.05) is 0 Å². The topological polar surface area (TPSA) is 68.9 Å². The van der Waals surface area contributed by atoms with Crippen LogP contribution in [0.5, 0.6) is 0 Å². The standard InChI is InChI=1S/C9H8N2O2S/c1-4-5(8(12)13)2-3-6-7(4)11-9(14)10-6/h2-3H,1H3,(H,12,13)(H2,10,11,14). The van der Waals surface area contributed by atoms with Gasteiger partial charge in [-0.1, -0.05) is 0 Å². The monoisotopic (exact) mass is 208 g/mol. The number of imidazole rings is 1. The molecule has 0 saturated carbocycles. The number of benzene rings is 1. The van der Waals surface area contributed by atoms with Crippen LogP contribution in [-0.2, 0) is 0 Å². The number of aromatic nitrogens is 2. The third-order valence-electron chi connectivity index (χ3n) is 2.18. The van der Waals surface area contributed by atoms with Crippen LogP contribution < -0.4 is 0 Å². The van der Waals surface area contributed by atoms with Crippen LogP contribution in [0.25, 0.3) is 11.0 Å². The predicted molar refractivity (Wildman–Crippen MR) is 55.2 cm³/mol. The molecule has 3 N–H and O–H groups in total. The summed E-state index contributed by atoms with van der Waals surface area (Å²) in [4.78, 5) is 16.7. The van der Waals surface area contributed by atoms with Gasteiger partial charge >= 0.3 is 5.97 Å². The first kappa shape index (κ1) is 8.96. The zero-order valence-corrected chi connectivity index (χ0v) is 8.23. The molecule has 72 valence electrons. The van der Waals surface area contributed by atoms with E-state index in [0.29, 0.717) is 15.9 Å². The van der Waals surface area contributed by atoms with E-state index >= 15 is 0 Å². The first-order valence-electron chi connectivity index (χ1n) is 4.04. The second-order valence-electron chi connectivity index (χ2n) is 3.04. The highest BCUT2D eigenvalue weighted by molar-refractivity contribution is 7.71. The van der Waals surface area contributed by atoms with Gasteiger partial charge in [-0.15, -0.1) is 0 Å². The van der Waals surface area contributed by atoms with Crippen molar-refractivity contribution < 1.29 is 9.90 Å². The first-order valence-corrected chi connectivity index (χ1v) is 4.45. The molecule has 0 atom stereocenters. The number of hydrogen-bond donors (Lipinski definition) is 3. The van der Waals surface area contributed by atoms with Crippen molar-refractivity contribution in [2.45, 2.75) is 6.92 Å². The molecule has 2 aromatic rings. The second kappa shape index (κ2) is 2.95. The van der Waals surface area contributed by atoms with Crippen molar-refractivity contribution in [1.29, 1.82) is 0 Å². The summed E-state index contributed by atoms with van der Waals surface area (Å²) in [6.07, 6.45) is 0. The predicted octanol–water partition coefficient (Wildman–Crippen LogP) is 2.23. The minimum atomic E-state index is -0.926. The quantitative estimate of drug-likeness (QED) is 0.629. The van der Waals surface area contributed by atoms with Gasteiger partial charge in [0.05, 0.1) is 16.6 Å². The maximum Gasteiger partial charge on any atom is 0.336 e. The third kappa shape index (κ3) is 1.22. The van der Waals surface area contributed by atoms with Crippen molar-refractivity contribution in [2.75, 3.05) is 0 Å². The van der Waals surface area contributed by atoms with Crippen molar-refractivity contribution in [2.24, 2.45) is 0 Å². The van der Waals surface area contributed by atoms with Crippen molar-refractivity contribution >= 4 is 29.2 Å². The van der Waals surface area contributed by atoms with Gasteiger partial charge in [-0.25, -0.2) is 4.79 Å². The number of carboxylic acids is 1. The highest BCUT2D eigenvalue weighted by atomic mass is 32.1. The van der Waals surface area contributed by atoms with E-state index in [2.05, 4.69) is 9.97 Å². The summed E-state index contributed by atoms with van der Waals surface area (Å²) in [6.45, 7) is 1.75. The maximum atomic E-state index is 10.8. The Labute approximate surface area is 84.6 Å². The molecule has 0 amide bonds. The van der Waals surface area contributed by atoms with Gasteiger partial charge in [0, 0.05) is 0 Å². The molecule has 0 unspecified atom stereocenters. The van der Waals surface area contributed by atoms with Gasteiger partial charge in [0.2, 0.25) is 0 Å². The lowest BCUT2D eigenvalue weighted by atomic mass is 10.1. The van der Waals surface area contributed by atoms with E-state index in [4.69, 9.17) is 17.3 Å². The van der Waals surface area contributed by atoms with Crippen LogP contribution in [-0.4, -0.2) is 21.0 Å². The van der Waals surface area contributed by atoms with Crippen LogP contribution in [0.2, 0.25) is 0 Å². The van der Waals surface area contributed by atoms with Crippen molar-refractivity contribution in [3.63, 3.8) is 0 Å². The van der Waals surface area contributed by atoms with Crippen LogP contribution in [0.3, 0.4) is 0 Å². The van der Waals surface area contributed by atoms with Gasteiger partial charge in [-0.3, -0.25) is 0 Å². The summed E-state index contributed by atoms with van der Waals surface area (Å²) in [5.74, 6) is -0.926. The zero-order valence-electron chi connectivity index (χ0n) is 7.42. The maximum absolute atomic E-state index is 10.8. The lowest BCUT2D eigenvalue weighted by Gasteiger charge is -2.00. The van der Waals surface area contributed by atoms with Gasteiger partial charge in [0.15, 0.2) is 4.77 Å². The normalized spacial score (nSPS) is 10.6. The molecule has 1 aromatic heterocycles. The Balaban J connectivity index is 2.87. The van der Waals surface area contributed by atoms with E-state index < -0.39 is 5.97 Å². The van der Waals surface area contributed by atoms with E-state index in [0.717, 1.165) is 11.0 Å². The minimum absolute atomic E-state index is 0.294. The summed E-state index contributed by atoms with van der Waals surface area (Å²) in [7, 11) is 0. The Kier molecular flexibility index (Phi) is 1.89. The molecule has 0 aliphatic heterocycles. The Morgan fingerprint density at radius 1 is 1.43 bits per heavy atom. The molecular formula is C9H8N2O2S. The zero-order chi connectivity index (χ0) is 10.3. The van der Waals surface area contributed by atoms with Crippen LogP contribution in [0.4, 0.5) is 0 Å². The number of aromatic carboxylic acids is 1. The number of aryl methyl sites for hydroxylation is 1. The largest absolute Gasteiger partial charge is 0.478 e. The van der Waals surface area contributed by atoms with Gasteiger partial charge < -0.3 is 15.1 Å². The summed E-state index contributed by atoms with van der Waals surface area (Å²) in [6, 6.07) is 3.28. The average Bonchev–Trinajstić information content (AvgIpc) is 2.46. The number of fused-ring (bicyclic) bond motifs is 1. The Morgan fingerprint density at radius 3 is 2.79 bits per heavy atom. The Hall–Kier alpha value is -1.62. The number of rotatable bonds is 1. The van der Waals surface area contributed by atoms with Crippen LogP contribution >= 0.6 is 12.2 Å². The fourth-order valence-corrected chi connectivity index (χ4v) is 1.69. The summed E-state index contributed by atoms with van der Waals surface area (Å²) < 4.78 is 0.505. The Morgan fingerprint density at radius 2 is 2.14 bits per heavy atom. The number of aromatic amines is 2. The molecule has 0 aliphatic carbocycles. The molecule has 1 heterocycles. The van der Waals surface area contributed by atoms with Gasteiger partial charge in [-0.05, 0) is 36.8 Å². The van der Waals surface area contributed by atoms with E-state index in [1.54, 1.807) is 19.1 Å². The molecule has 2 rings (SSSR count). The van der Waals surface area contributed by atoms with Crippen LogP contribution in [0.15, 0.2) is 12.1 Å². The van der Waals surface area contributed by atoms with Gasteiger partial charge in [0.25, 0.3) is 0 Å². The highest BCUT2D eigenvalue weighted by Gasteiger charge is 2.10. The molecule has 0 fully saturated rings. The fourth-order valence-electron chi connectivity index (χ4n) is 1.48. The molecule has 4 nitrogen and oxygen atoms in total. The number of carboxylic acid groups (broad SMARTS) is 1. The van der Waals surface area contributed by atoms with Crippen molar-refractivity contribution in [3.05, 3.63) is 28.0 Å². The van der Waals surface area contributed by atoms with Crippen LogP contribution in [0.1, 0.15) is 15.9 Å². The van der Waals surface area contributed by atoms with Gasteiger partial charge in [0.1, 0.15) is 0 Å². The molecule has 0 bridgehead atoms. The van der Waals surface area contributed by atoms with Crippen LogP contribution in [0, 0.1) is 11.7 Å². The molecule has 0 spiro atoms. The molecule has 0 aliphatic rings. The molecule has 1 aromatic carbocycles. The molecule has 0 radical (unpaired) electrons. The average molecular weight is 208 g/mol. The highest BCUT2D eigenvalue weighted by Crippen LogP contribution is 2.18. The molecule has 14 heavy (non-hydrogen) atoms. The van der Waals surface area contributed by atoms with Gasteiger partial charge in [-0.2, -0.15) is 0 Å². The Bertz CT molecular complexity index is 568. The number of nitrogens with one attached hydrogen (secondary N) is 2. The third-order valence-corrected chi connectivity index (χ3v) is 2.39. The summed E-state index contributed by atoms with van der Waals surface area (Å²) >= 11 is 4.92. The van der Waals surface area contributed by atoms with E-state index in [1.165, 1.54) is 0 Å². The van der Waals surface area contributed by atoms with Crippen molar-refractivity contribution in [1.82, 2.24) is 9.97 Å². The molecule has 5 heteroatoms. The lowest BCUT2D eigenvalue weighted by Crippen LogP contribution is -1.99. The molecule has 0 saturated heterocycles. The smallest absolute Gasteiger partial charge is 0.336 e. The fraction of sp³-hybridized carbons (Fsp3) is 0.111. The van der Waals surface area contributed by atoms with E-state index in [-0.39, 0.29) is 0 Å². The minimum Gasteiger partial charge on any atom is -0.478 e. The lowest BCUT2D eigenvalue weighted by molar-refractivity contribution is 0.0696. The summed E-state index contributed by atoms with van der Waals surface area (Å²) in [5.41, 5.74) is 2.58. The summed E-state index contributed by atoms with van der Waals surface area (Å²) in [5, 5.41) is 8.88. The van der Waals surface area contributed by atoms with Crippen molar-refractivity contribution in [3.8, 4) is 0 Å². The first-order chi connectivity index (χ1) is 6.59. The second-order valence-corrected chi connectivity index (χ2v) is 3.45. The van der Waals surface area contributed by atoms with E-state index in [9.17, 15) is 4.79 Å².